The van der Waals surface area contributed by atoms with Crippen molar-refractivity contribution in [1.82, 2.24) is 0 Å². The summed E-state index contributed by atoms with van der Waals surface area (Å²) in [6.07, 6.45) is 6.07. The van der Waals surface area contributed by atoms with Crippen LogP contribution in [-0.4, -0.2) is 23.4 Å². The lowest BCUT2D eigenvalue weighted by Gasteiger charge is -2.07. The van der Waals surface area contributed by atoms with E-state index in [1.165, 1.54) is 30.4 Å². The molecule has 0 aromatic heterocycles. The average Bonchev–Trinajstić information content (AvgIpc) is 2.47. The first-order chi connectivity index (χ1) is 10.4. The molecular formula is C14H13BrN2O5. The number of carbonyl (C=O) groups excluding carboxylic acids is 2. The number of nitrogens with zero attached hydrogens (tertiary/aromatic N) is 1. The molecule has 1 rings (SSSR count). The summed E-state index contributed by atoms with van der Waals surface area (Å²) >= 11 is 3.12. The van der Waals surface area contributed by atoms with Gasteiger partial charge in [-0.3, -0.25) is 14.9 Å². The highest BCUT2D eigenvalue weighted by atomic mass is 79.9. The number of anilines is 1. The van der Waals surface area contributed by atoms with Crippen LogP contribution in [0, 0.1) is 10.1 Å². The number of non-ortho nitro benzene ring substituents is 1. The molecule has 0 unspecified atom stereocenters. The molecule has 0 saturated carbocycles. The maximum atomic E-state index is 11.6. The maximum absolute atomic E-state index is 11.6. The Morgan fingerprint density at radius 1 is 1.41 bits per heavy atom. The summed E-state index contributed by atoms with van der Waals surface area (Å²) in [5.74, 6) is -1.20. The Labute approximate surface area is 134 Å². The molecule has 0 bridgehead atoms. The Morgan fingerprint density at radius 2 is 2.14 bits per heavy atom. The van der Waals surface area contributed by atoms with Crippen molar-refractivity contribution < 1.29 is 19.2 Å². The molecule has 116 valence electrons. The third kappa shape index (κ3) is 5.88. The summed E-state index contributed by atoms with van der Waals surface area (Å²) in [5, 5.41) is 13.1. The highest BCUT2D eigenvalue weighted by Gasteiger charge is 2.12. The van der Waals surface area contributed by atoms with Gasteiger partial charge in [0.2, 0.25) is 0 Å². The van der Waals surface area contributed by atoms with Crippen LogP contribution in [0.15, 0.2) is 47.0 Å². The number of benzene rings is 1. The van der Waals surface area contributed by atoms with Gasteiger partial charge < -0.3 is 10.1 Å². The number of amides is 1. The fourth-order valence-electron chi connectivity index (χ4n) is 1.34. The summed E-state index contributed by atoms with van der Waals surface area (Å²) in [4.78, 5) is 32.9. The number of nitro groups is 1. The molecule has 8 heteroatoms. The van der Waals surface area contributed by atoms with Gasteiger partial charge in [0.15, 0.2) is 6.61 Å². The van der Waals surface area contributed by atoms with Crippen LogP contribution in [0.1, 0.15) is 6.92 Å². The van der Waals surface area contributed by atoms with Crippen molar-refractivity contribution in [2.45, 2.75) is 6.92 Å². The molecule has 1 N–H and O–H groups in total. The lowest BCUT2D eigenvalue weighted by atomic mass is 10.3. The third-order valence-corrected chi connectivity index (χ3v) is 2.98. The van der Waals surface area contributed by atoms with Crippen LogP contribution in [0.2, 0.25) is 0 Å². The maximum Gasteiger partial charge on any atom is 0.331 e. The van der Waals surface area contributed by atoms with Crippen molar-refractivity contribution in [2.24, 2.45) is 0 Å². The number of halogens is 1. The second kappa shape index (κ2) is 8.73. The average molecular weight is 369 g/mol. The lowest BCUT2D eigenvalue weighted by Crippen LogP contribution is -2.20. The van der Waals surface area contributed by atoms with E-state index in [4.69, 9.17) is 4.74 Å². The highest BCUT2D eigenvalue weighted by molar-refractivity contribution is 9.10. The van der Waals surface area contributed by atoms with E-state index in [1.807, 2.05) is 0 Å². The SMILES string of the molecule is C/C=C/C=C/C(=O)OCC(=O)Nc1ccc([N+](=O)[O-])cc1Br. The van der Waals surface area contributed by atoms with Gasteiger partial charge in [0, 0.05) is 22.7 Å². The molecule has 7 nitrogen and oxygen atoms in total. The van der Waals surface area contributed by atoms with Crippen LogP contribution in [0.25, 0.3) is 0 Å². The fraction of sp³-hybridized carbons (Fsp3) is 0.143. The number of hydrogen-bond donors (Lipinski definition) is 1. The smallest absolute Gasteiger partial charge is 0.331 e. The van der Waals surface area contributed by atoms with E-state index in [2.05, 4.69) is 21.2 Å². The Bertz CT molecular complexity index is 640. The van der Waals surface area contributed by atoms with Crippen molar-refractivity contribution in [3.63, 3.8) is 0 Å². The van der Waals surface area contributed by atoms with E-state index in [0.717, 1.165) is 0 Å². The first-order valence-corrected chi connectivity index (χ1v) is 6.93. The summed E-state index contributed by atoms with van der Waals surface area (Å²) in [7, 11) is 0. The molecule has 0 fully saturated rings. The molecule has 0 saturated heterocycles. The van der Waals surface area contributed by atoms with Crippen LogP contribution in [-0.2, 0) is 14.3 Å². The van der Waals surface area contributed by atoms with Crippen molar-refractivity contribution in [3.8, 4) is 0 Å². The molecule has 22 heavy (non-hydrogen) atoms. The molecule has 1 aromatic rings. The molecule has 0 aliphatic rings. The molecule has 0 aliphatic heterocycles. The number of allylic oxidation sites excluding steroid dienone is 3. The number of nitrogens with one attached hydrogen (secondary N) is 1. The largest absolute Gasteiger partial charge is 0.452 e. The topological polar surface area (TPSA) is 98.5 Å². The van der Waals surface area contributed by atoms with Crippen molar-refractivity contribution >= 4 is 39.2 Å². The molecule has 0 atom stereocenters. The second-order valence-electron chi connectivity index (χ2n) is 3.96. The van der Waals surface area contributed by atoms with Gasteiger partial charge in [-0.25, -0.2) is 4.79 Å². The van der Waals surface area contributed by atoms with Crippen LogP contribution in [0.5, 0.6) is 0 Å². The first-order valence-electron chi connectivity index (χ1n) is 6.14. The predicted molar refractivity (Wildman–Crippen MR) is 84.3 cm³/mol. The Kier molecular flexibility index (Phi) is 6.97. The van der Waals surface area contributed by atoms with Crippen molar-refractivity contribution in [1.29, 1.82) is 0 Å². The zero-order valence-electron chi connectivity index (χ0n) is 11.6. The minimum atomic E-state index is -0.643. The monoisotopic (exact) mass is 368 g/mol. The minimum absolute atomic E-state index is 0.106. The van der Waals surface area contributed by atoms with Gasteiger partial charge in [0.05, 0.1) is 10.6 Å². The quantitative estimate of drug-likeness (QED) is 0.273. The standard InChI is InChI=1S/C14H13BrN2O5/c1-2-3-4-5-14(19)22-9-13(18)16-12-7-6-10(17(20)21)8-11(12)15/h2-8H,9H2,1H3,(H,16,18)/b3-2+,5-4+. The third-order valence-electron chi connectivity index (χ3n) is 2.32. The van der Waals surface area contributed by atoms with Crippen LogP contribution >= 0.6 is 15.9 Å². The van der Waals surface area contributed by atoms with E-state index < -0.39 is 23.4 Å². The number of ether oxygens (including phenoxy) is 1. The number of nitro benzene ring substituents is 1. The first kappa shape index (κ1) is 17.6. The molecule has 0 heterocycles. The molecule has 1 amide bonds. The van der Waals surface area contributed by atoms with Gasteiger partial charge in [0.1, 0.15) is 0 Å². The predicted octanol–water partition coefficient (Wildman–Crippen LogP) is 2.97. The molecule has 0 radical (unpaired) electrons. The van der Waals surface area contributed by atoms with E-state index >= 15 is 0 Å². The Morgan fingerprint density at radius 3 is 2.73 bits per heavy atom. The number of hydrogen-bond acceptors (Lipinski definition) is 5. The summed E-state index contributed by atoms with van der Waals surface area (Å²) in [6.45, 7) is 1.34. The lowest BCUT2D eigenvalue weighted by molar-refractivity contribution is -0.384. The minimum Gasteiger partial charge on any atom is -0.452 e. The van der Waals surface area contributed by atoms with Gasteiger partial charge in [-0.15, -0.1) is 0 Å². The van der Waals surface area contributed by atoms with Gasteiger partial charge in [-0.05, 0) is 28.9 Å². The second-order valence-corrected chi connectivity index (χ2v) is 4.82. The zero-order valence-corrected chi connectivity index (χ0v) is 13.2. The fourth-order valence-corrected chi connectivity index (χ4v) is 1.80. The van der Waals surface area contributed by atoms with Gasteiger partial charge in [-0.1, -0.05) is 18.2 Å². The summed E-state index contributed by atoms with van der Waals surface area (Å²) in [5.41, 5.74) is 0.238. The summed E-state index contributed by atoms with van der Waals surface area (Å²) < 4.78 is 5.09. The highest BCUT2D eigenvalue weighted by Crippen LogP contribution is 2.26. The van der Waals surface area contributed by atoms with Crippen LogP contribution in [0.3, 0.4) is 0 Å². The number of esters is 1. The van der Waals surface area contributed by atoms with E-state index in [9.17, 15) is 19.7 Å². The Hall–Kier alpha value is -2.48. The van der Waals surface area contributed by atoms with Gasteiger partial charge >= 0.3 is 5.97 Å². The normalized spacial score (nSPS) is 10.8. The number of rotatable bonds is 6. The Balaban J connectivity index is 2.55. The molecule has 0 aliphatic carbocycles. The summed E-state index contributed by atoms with van der Waals surface area (Å²) in [6, 6.07) is 3.90. The van der Waals surface area contributed by atoms with Crippen LogP contribution in [0.4, 0.5) is 11.4 Å². The van der Waals surface area contributed by atoms with Gasteiger partial charge in [-0.2, -0.15) is 0 Å². The van der Waals surface area contributed by atoms with Crippen molar-refractivity contribution in [2.75, 3.05) is 11.9 Å². The molecular weight excluding hydrogens is 356 g/mol. The van der Waals surface area contributed by atoms with Gasteiger partial charge in [0.25, 0.3) is 11.6 Å². The molecule has 1 aromatic carbocycles. The van der Waals surface area contributed by atoms with E-state index in [0.29, 0.717) is 10.2 Å². The van der Waals surface area contributed by atoms with Crippen LogP contribution < -0.4 is 5.32 Å². The number of carbonyl (C=O) groups is 2. The zero-order chi connectivity index (χ0) is 16.5. The van der Waals surface area contributed by atoms with Crippen molar-refractivity contribution in [3.05, 3.63) is 57.1 Å². The van der Waals surface area contributed by atoms with E-state index in [1.54, 1.807) is 19.1 Å². The van der Waals surface area contributed by atoms with E-state index in [-0.39, 0.29) is 5.69 Å². The molecule has 0 spiro atoms.